The summed E-state index contributed by atoms with van der Waals surface area (Å²) in [6.45, 7) is 11.4. The lowest BCUT2D eigenvalue weighted by Crippen LogP contribution is -2.35. The van der Waals surface area contributed by atoms with E-state index >= 15 is 0 Å². The molecule has 0 saturated heterocycles. The van der Waals surface area contributed by atoms with E-state index in [0.29, 0.717) is 5.95 Å². The molecule has 21 heavy (non-hydrogen) atoms. The van der Waals surface area contributed by atoms with E-state index in [4.69, 9.17) is 0 Å². The smallest absolute Gasteiger partial charge is 0.250 e. The van der Waals surface area contributed by atoms with E-state index in [1.54, 1.807) is 0 Å². The van der Waals surface area contributed by atoms with E-state index < -0.39 is 0 Å². The second-order valence-corrected chi connectivity index (χ2v) is 6.24. The molecule has 5 nitrogen and oxygen atoms in total. The topological polar surface area (TPSA) is 55.6 Å². The summed E-state index contributed by atoms with van der Waals surface area (Å²) in [6.07, 6.45) is 5.58. The Bertz CT molecular complexity index is 578. The van der Waals surface area contributed by atoms with Gasteiger partial charge in [0.25, 0.3) is 5.95 Å². The predicted octanol–water partition coefficient (Wildman–Crippen LogP) is 2.68. The van der Waals surface area contributed by atoms with E-state index in [9.17, 15) is 0 Å². The van der Waals surface area contributed by atoms with Crippen LogP contribution in [0, 0.1) is 0 Å². The highest BCUT2D eigenvalue weighted by Gasteiger charge is 2.11. The third-order valence-electron chi connectivity index (χ3n) is 3.26. The maximum absolute atomic E-state index is 4.56. The number of aromatic nitrogens is 4. The SMILES string of the molecule is CCc1cc(CC)n(-c2ncc(CNC(C)(C)C)cn2)n1. The van der Waals surface area contributed by atoms with Crippen LogP contribution in [0.2, 0.25) is 0 Å². The first-order valence-electron chi connectivity index (χ1n) is 7.57. The molecule has 0 atom stereocenters. The zero-order valence-corrected chi connectivity index (χ0v) is 13.6. The second kappa shape index (κ2) is 6.35. The van der Waals surface area contributed by atoms with Crippen molar-refractivity contribution < 1.29 is 0 Å². The Labute approximate surface area is 126 Å². The van der Waals surface area contributed by atoms with Crippen LogP contribution >= 0.6 is 0 Å². The van der Waals surface area contributed by atoms with Crippen LogP contribution in [0.5, 0.6) is 0 Å². The van der Waals surface area contributed by atoms with Crippen molar-refractivity contribution in [3.05, 3.63) is 35.4 Å². The summed E-state index contributed by atoms with van der Waals surface area (Å²) < 4.78 is 1.85. The minimum Gasteiger partial charge on any atom is -0.308 e. The fraction of sp³-hybridized carbons (Fsp3) is 0.562. The third kappa shape index (κ3) is 4.11. The highest BCUT2D eigenvalue weighted by Crippen LogP contribution is 2.11. The summed E-state index contributed by atoms with van der Waals surface area (Å²) in [7, 11) is 0. The fourth-order valence-corrected chi connectivity index (χ4v) is 1.99. The van der Waals surface area contributed by atoms with Gasteiger partial charge in [0.15, 0.2) is 0 Å². The van der Waals surface area contributed by atoms with Gasteiger partial charge in [0.2, 0.25) is 0 Å². The summed E-state index contributed by atoms with van der Waals surface area (Å²) in [6, 6.07) is 2.12. The van der Waals surface area contributed by atoms with Gasteiger partial charge in [-0.1, -0.05) is 13.8 Å². The molecule has 0 saturated carbocycles. The van der Waals surface area contributed by atoms with Crippen molar-refractivity contribution in [2.24, 2.45) is 0 Å². The normalized spacial score (nSPS) is 11.9. The molecule has 0 radical (unpaired) electrons. The van der Waals surface area contributed by atoms with Crippen LogP contribution in [0.4, 0.5) is 0 Å². The number of hydrogen-bond acceptors (Lipinski definition) is 4. The maximum Gasteiger partial charge on any atom is 0.250 e. The molecule has 0 unspecified atom stereocenters. The van der Waals surface area contributed by atoms with Crippen molar-refractivity contribution in [2.45, 2.75) is 59.5 Å². The average Bonchev–Trinajstić information content (AvgIpc) is 2.88. The Balaban J connectivity index is 2.17. The number of hydrogen-bond donors (Lipinski definition) is 1. The Kier molecular flexibility index (Phi) is 4.73. The van der Waals surface area contributed by atoms with Gasteiger partial charge in [-0.05, 0) is 39.7 Å². The molecule has 114 valence electrons. The summed E-state index contributed by atoms with van der Waals surface area (Å²) in [5, 5.41) is 7.99. The van der Waals surface area contributed by atoms with E-state index in [0.717, 1.165) is 36.3 Å². The molecule has 0 fully saturated rings. The van der Waals surface area contributed by atoms with Gasteiger partial charge in [-0.15, -0.1) is 0 Å². The van der Waals surface area contributed by atoms with Crippen LogP contribution in [0.25, 0.3) is 5.95 Å². The molecular formula is C16H25N5. The third-order valence-corrected chi connectivity index (χ3v) is 3.26. The van der Waals surface area contributed by atoms with Gasteiger partial charge in [0.05, 0.1) is 5.69 Å². The second-order valence-electron chi connectivity index (χ2n) is 6.24. The van der Waals surface area contributed by atoms with Crippen LogP contribution in [-0.4, -0.2) is 25.3 Å². The minimum atomic E-state index is 0.0893. The molecule has 0 bridgehead atoms. The zero-order valence-electron chi connectivity index (χ0n) is 13.6. The summed E-state index contributed by atoms with van der Waals surface area (Å²) >= 11 is 0. The number of aryl methyl sites for hydroxylation is 2. The van der Waals surface area contributed by atoms with Crippen LogP contribution in [0.1, 0.15) is 51.6 Å². The first-order valence-corrected chi connectivity index (χ1v) is 7.57. The Morgan fingerprint density at radius 3 is 2.29 bits per heavy atom. The lowest BCUT2D eigenvalue weighted by Gasteiger charge is -2.20. The molecule has 0 aliphatic carbocycles. The van der Waals surface area contributed by atoms with Gasteiger partial charge in [-0.2, -0.15) is 5.10 Å². The van der Waals surface area contributed by atoms with Gasteiger partial charge in [0.1, 0.15) is 0 Å². The molecule has 5 heteroatoms. The van der Waals surface area contributed by atoms with Gasteiger partial charge in [-0.25, -0.2) is 14.6 Å². The van der Waals surface area contributed by atoms with Gasteiger partial charge >= 0.3 is 0 Å². The molecule has 2 aromatic heterocycles. The monoisotopic (exact) mass is 287 g/mol. The number of nitrogens with one attached hydrogen (secondary N) is 1. The van der Waals surface area contributed by atoms with Crippen LogP contribution in [-0.2, 0) is 19.4 Å². The zero-order chi connectivity index (χ0) is 15.5. The van der Waals surface area contributed by atoms with Crippen LogP contribution < -0.4 is 5.32 Å². The molecule has 0 aromatic carbocycles. The number of nitrogens with zero attached hydrogens (tertiary/aromatic N) is 4. The van der Waals surface area contributed by atoms with Gasteiger partial charge in [-0.3, -0.25) is 0 Å². The highest BCUT2D eigenvalue weighted by molar-refractivity contribution is 5.21. The Morgan fingerprint density at radius 2 is 1.76 bits per heavy atom. The fourth-order valence-electron chi connectivity index (χ4n) is 1.99. The predicted molar refractivity (Wildman–Crippen MR) is 84.5 cm³/mol. The minimum absolute atomic E-state index is 0.0893. The van der Waals surface area contributed by atoms with Crippen molar-refractivity contribution in [1.82, 2.24) is 25.1 Å². The van der Waals surface area contributed by atoms with Crippen LogP contribution in [0.15, 0.2) is 18.5 Å². The van der Waals surface area contributed by atoms with Crippen molar-refractivity contribution in [3.63, 3.8) is 0 Å². The molecule has 0 amide bonds. The molecule has 1 N–H and O–H groups in total. The largest absolute Gasteiger partial charge is 0.308 e. The van der Waals surface area contributed by atoms with Crippen molar-refractivity contribution in [2.75, 3.05) is 0 Å². The molecule has 2 aromatic rings. The lowest BCUT2D eigenvalue weighted by molar-refractivity contribution is 0.423. The molecule has 2 heterocycles. The molecule has 2 rings (SSSR count). The van der Waals surface area contributed by atoms with Gasteiger partial charge < -0.3 is 5.32 Å². The molecule has 0 aliphatic heterocycles. The van der Waals surface area contributed by atoms with E-state index in [-0.39, 0.29) is 5.54 Å². The first-order chi connectivity index (χ1) is 9.93. The van der Waals surface area contributed by atoms with Crippen molar-refractivity contribution >= 4 is 0 Å². The molecule has 0 spiro atoms. The van der Waals surface area contributed by atoms with Crippen molar-refractivity contribution in [3.8, 4) is 5.95 Å². The molecular weight excluding hydrogens is 262 g/mol. The quantitative estimate of drug-likeness (QED) is 0.918. The summed E-state index contributed by atoms with van der Waals surface area (Å²) in [5.41, 5.74) is 3.39. The van der Waals surface area contributed by atoms with Crippen molar-refractivity contribution in [1.29, 1.82) is 0 Å². The Morgan fingerprint density at radius 1 is 1.10 bits per heavy atom. The highest BCUT2D eigenvalue weighted by atomic mass is 15.4. The average molecular weight is 287 g/mol. The Hall–Kier alpha value is -1.75. The van der Waals surface area contributed by atoms with E-state index in [1.165, 1.54) is 0 Å². The van der Waals surface area contributed by atoms with Crippen LogP contribution in [0.3, 0.4) is 0 Å². The maximum atomic E-state index is 4.56. The van der Waals surface area contributed by atoms with E-state index in [1.807, 2.05) is 17.1 Å². The summed E-state index contributed by atoms with van der Waals surface area (Å²) in [5.74, 6) is 0.644. The van der Waals surface area contributed by atoms with E-state index in [2.05, 4.69) is 61.1 Å². The number of rotatable bonds is 5. The van der Waals surface area contributed by atoms with Gasteiger partial charge in [0, 0.05) is 35.7 Å². The standard InChI is InChI=1S/C16H25N5/c1-6-13-8-14(7-2)21(20-13)15-17-9-12(10-18-15)11-19-16(3,4)5/h8-10,19H,6-7,11H2,1-5H3. The molecule has 0 aliphatic rings. The first kappa shape index (κ1) is 15.6. The lowest BCUT2D eigenvalue weighted by atomic mass is 10.1. The summed E-state index contributed by atoms with van der Waals surface area (Å²) in [4.78, 5) is 8.91.